The Labute approximate surface area is 72.9 Å². The van der Waals surface area contributed by atoms with E-state index >= 15 is 0 Å². The predicted molar refractivity (Wildman–Crippen MR) is 54.6 cm³/mol. The molecule has 0 aliphatic carbocycles. The van der Waals surface area contributed by atoms with Crippen LogP contribution >= 0.6 is 21.6 Å². The minimum absolute atomic E-state index is 0.831. The summed E-state index contributed by atoms with van der Waals surface area (Å²) in [5, 5.41) is 0.861. The van der Waals surface area contributed by atoms with Crippen molar-refractivity contribution in [3.8, 4) is 0 Å². The van der Waals surface area contributed by atoms with E-state index in [-0.39, 0.29) is 0 Å². The van der Waals surface area contributed by atoms with Crippen LogP contribution in [0.15, 0.2) is 0 Å². The van der Waals surface area contributed by atoms with Crippen molar-refractivity contribution in [2.24, 2.45) is 5.92 Å². The Morgan fingerprint density at radius 3 is 2.20 bits per heavy atom. The lowest BCUT2D eigenvalue weighted by atomic mass is 10.1. The molecule has 0 nitrogen and oxygen atoms in total. The monoisotopic (exact) mass is 178 g/mol. The van der Waals surface area contributed by atoms with Crippen LogP contribution in [0, 0.1) is 5.92 Å². The first-order valence-corrected chi connectivity index (χ1v) is 6.54. The summed E-state index contributed by atoms with van der Waals surface area (Å²) in [7, 11) is 3.92. The molecule has 0 saturated heterocycles. The molecular weight excluding hydrogens is 160 g/mol. The van der Waals surface area contributed by atoms with E-state index in [0.29, 0.717) is 0 Å². The van der Waals surface area contributed by atoms with Crippen LogP contribution in [-0.4, -0.2) is 11.5 Å². The molecule has 1 atom stereocenters. The fourth-order valence-electron chi connectivity index (χ4n) is 0.901. The lowest BCUT2D eigenvalue weighted by Gasteiger charge is -2.17. The van der Waals surface area contributed by atoms with Crippen LogP contribution in [-0.2, 0) is 0 Å². The van der Waals surface area contributed by atoms with Crippen molar-refractivity contribution < 1.29 is 0 Å². The highest BCUT2D eigenvalue weighted by molar-refractivity contribution is 8.76. The van der Waals surface area contributed by atoms with Crippen LogP contribution in [0.1, 0.15) is 33.6 Å². The summed E-state index contributed by atoms with van der Waals surface area (Å²) in [6.45, 7) is 6.88. The first-order valence-electron chi connectivity index (χ1n) is 3.91. The molecule has 0 bridgehead atoms. The topological polar surface area (TPSA) is 0 Å². The van der Waals surface area contributed by atoms with E-state index < -0.39 is 0 Å². The summed E-state index contributed by atoms with van der Waals surface area (Å²) in [6.07, 6.45) is 4.84. The number of hydrogen-bond donors (Lipinski definition) is 0. The third-order valence-electron chi connectivity index (χ3n) is 1.54. The van der Waals surface area contributed by atoms with E-state index in [2.05, 4.69) is 27.0 Å². The predicted octanol–water partition coefficient (Wildman–Crippen LogP) is 3.82. The van der Waals surface area contributed by atoms with Gasteiger partial charge in [0.1, 0.15) is 0 Å². The van der Waals surface area contributed by atoms with Crippen molar-refractivity contribution in [3.05, 3.63) is 0 Å². The molecule has 0 aliphatic heterocycles. The third kappa shape index (κ3) is 4.51. The zero-order chi connectivity index (χ0) is 7.98. The maximum atomic E-state index is 2.31. The molecule has 0 amide bonds. The number of hydrogen-bond acceptors (Lipinski definition) is 2. The molecule has 0 aromatic rings. The van der Waals surface area contributed by atoms with Gasteiger partial charge in [0, 0.05) is 5.25 Å². The Bertz CT molecular complexity index is 65.7. The summed E-state index contributed by atoms with van der Waals surface area (Å²) < 4.78 is 0. The molecular formula is C8H18S2. The molecule has 0 heterocycles. The van der Waals surface area contributed by atoms with Gasteiger partial charge in [-0.15, -0.1) is 0 Å². The lowest BCUT2D eigenvalue weighted by Crippen LogP contribution is -2.08. The zero-order valence-corrected chi connectivity index (χ0v) is 9.02. The summed E-state index contributed by atoms with van der Waals surface area (Å²) in [6, 6.07) is 0. The highest BCUT2D eigenvalue weighted by Gasteiger charge is 2.11. The second kappa shape index (κ2) is 6.41. The van der Waals surface area contributed by atoms with Crippen LogP contribution in [0.25, 0.3) is 0 Å². The Kier molecular flexibility index (Phi) is 6.86. The lowest BCUT2D eigenvalue weighted by molar-refractivity contribution is 0.569. The Morgan fingerprint density at radius 2 is 1.90 bits per heavy atom. The largest absolute Gasteiger partial charge is 0.0973 e. The van der Waals surface area contributed by atoms with Gasteiger partial charge in [-0.2, -0.15) is 0 Å². The zero-order valence-electron chi connectivity index (χ0n) is 7.39. The van der Waals surface area contributed by atoms with E-state index in [9.17, 15) is 0 Å². The average molecular weight is 178 g/mol. The van der Waals surface area contributed by atoms with E-state index in [4.69, 9.17) is 0 Å². The van der Waals surface area contributed by atoms with Gasteiger partial charge in [-0.3, -0.25) is 0 Å². The van der Waals surface area contributed by atoms with Gasteiger partial charge in [-0.25, -0.2) is 0 Å². The van der Waals surface area contributed by atoms with E-state index in [1.165, 1.54) is 12.8 Å². The molecule has 0 unspecified atom stereocenters. The third-order valence-corrected chi connectivity index (χ3v) is 4.08. The van der Waals surface area contributed by atoms with Crippen molar-refractivity contribution in [3.63, 3.8) is 0 Å². The maximum Gasteiger partial charge on any atom is 0.0174 e. The Morgan fingerprint density at radius 1 is 1.30 bits per heavy atom. The van der Waals surface area contributed by atoms with Crippen molar-refractivity contribution in [2.75, 3.05) is 6.26 Å². The van der Waals surface area contributed by atoms with Crippen LogP contribution in [0.2, 0.25) is 0 Å². The molecule has 0 aromatic heterocycles. The molecule has 0 spiro atoms. The van der Waals surface area contributed by atoms with Gasteiger partial charge in [0.25, 0.3) is 0 Å². The summed E-state index contributed by atoms with van der Waals surface area (Å²) >= 11 is 0. The van der Waals surface area contributed by atoms with Gasteiger partial charge in [-0.1, -0.05) is 48.8 Å². The normalized spacial score (nSPS) is 14.1. The molecule has 2 heteroatoms. The smallest absolute Gasteiger partial charge is 0.0174 e. The SMILES string of the molecule is CCC[C@@H](SSC)C(C)C. The molecule has 62 valence electrons. The van der Waals surface area contributed by atoms with Gasteiger partial charge >= 0.3 is 0 Å². The minimum atomic E-state index is 0.831. The van der Waals surface area contributed by atoms with Crippen LogP contribution in [0.3, 0.4) is 0 Å². The van der Waals surface area contributed by atoms with E-state index in [1.807, 2.05) is 21.6 Å². The molecule has 0 N–H and O–H groups in total. The Balaban J connectivity index is 3.50. The first kappa shape index (κ1) is 10.7. The van der Waals surface area contributed by atoms with Crippen molar-refractivity contribution in [2.45, 2.75) is 38.9 Å². The molecule has 0 rings (SSSR count). The van der Waals surface area contributed by atoms with Gasteiger partial charge < -0.3 is 0 Å². The van der Waals surface area contributed by atoms with Gasteiger partial charge in [0.05, 0.1) is 0 Å². The minimum Gasteiger partial charge on any atom is -0.0973 e. The molecule has 0 aromatic carbocycles. The second-order valence-corrected chi connectivity index (χ2v) is 5.54. The van der Waals surface area contributed by atoms with Crippen LogP contribution < -0.4 is 0 Å². The molecule has 0 saturated carbocycles. The fourth-order valence-corrected chi connectivity index (χ4v) is 3.40. The summed E-state index contributed by atoms with van der Waals surface area (Å²) in [5.41, 5.74) is 0. The molecule has 10 heavy (non-hydrogen) atoms. The molecule has 0 aliphatic rings. The summed E-state index contributed by atoms with van der Waals surface area (Å²) in [5.74, 6) is 0.831. The highest BCUT2D eigenvalue weighted by Crippen LogP contribution is 2.31. The van der Waals surface area contributed by atoms with Gasteiger partial charge in [-0.05, 0) is 18.6 Å². The molecule has 0 fully saturated rings. The second-order valence-electron chi connectivity index (χ2n) is 2.83. The Hall–Kier alpha value is 0.700. The fraction of sp³-hybridized carbons (Fsp3) is 1.00. The van der Waals surface area contributed by atoms with Gasteiger partial charge in [0.15, 0.2) is 0 Å². The standard InChI is InChI=1S/C8H18S2/c1-5-6-8(7(2)3)10-9-4/h7-8H,5-6H2,1-4H3/t8-/m1/s1. The molecule has 0 radical (unpaired) electrons. The van der Waals surface area contributed by atoms with Crippen molar-refractivity contribution >= 4 is 21.6 Å². The van der Waals surface area contributed by atoms with Crippen molar-refractivity contribution in [1.82, 2.24) is 0 Å². The quantitative estimate of drug-likeness (QED) is 0.587. The summed E-state index contributed by atoms with van der Waals surface area (Å²) in [4.78, 5) is 0. The van der Waals surface area contributed by atoms with Crippen LogP contribution in [0.4, 0.5) is 0 Å². The van der Waals surface area contributed by atoms with Crippen molar-refractivity contribution in [1.29, 1.82) is 0 Å². The average Bonchev–Trinajstić information content (AvgIpc) is 1.87. The first-order chi connectivity index (χ1) is 4.72. The van der Waals surface area contributed by atoms with E-state index in [0.717, 1.165) is 11.2 Å². The van der Waals surface area contributed by atoms with Gasteiger partial charge in [0.2, 0.25) is 0 Å². The van der Waals surface area contributed by atoms with Crippen LogP contribution in [0.5, 0.6) is 0 Å². The maximum absolute atomic E-state index is 2.31. The number of rotatable bonds is 5. The van der Waals surface area contributed by atoms with E-state index in [1.54, 1.807) is 0 Å². The highest BCUT2D eigenvalue weighted by atomic mass is 33.1.